The summed E-state index contributed by atoms with van der Waals surface area (Å²) in [6.45, 7) is 1.76. The molecule has 0 saturated carbocycles. The van der Waals surface area contributed by atoms with Crippen molar-refractivity contribution in [2.75, 3.05) is 25.2 Å². The number of aromatic amines is 1. The molecule has 2 heterocycles. The normalized spacial score (nSPS) is 10.8. The lowest BCUT2D eigenvalue weighted by atomic mass is 10.3. The third kappa shape index (κ3) is 3.99. The van der Waals surface area contributed by atoms with Crippen molar-refractivity contribution >= 4 is 51.1 Å². The van der Waals surface area contributed by atoms with Crippen LogP contribution in [0.3, 0.4) is 0 Å². The van der Waals surface area contributed by atoms with Crippen LogP contribution in [0, 0.1) is 6.92 Å². The van der Waals surface area contributed by atoms with Crippen molar-refractivity contribution in [3.63, 3.8) is 0 Å². The fourth-order valence-corrected chi connectivity index (χ4v) is 3.83. The molecule has 0 aliphatic heterocycles. The van der Waals surface area contributed by atoms with Gasteiger partial charge in [0.05, 0.1) is 22.5 Å². The molecule has 0 unspecified atom stereocenters. The van der Waals surface area contributed by atoms with Gasteiger partial charge < -0.3 is 15.2 Å². The van der Waals surface area contributed by atoms with Crippen molar-refractivity contribution in [2.24, 2.45) is 0 Å². The van der Waals surface area contributed by atoms with Gasteiger partial charge in [0.15, 0.2) is 10.3 Å². The summed E-state index contributed by atoms with van der Waals surface area (Å²) in [5, 5.41) is 3.85. The van der Waals surface area contributed by atoms with Crippen LogP contribution in [0.2, 0.25) is 0 Å². The van der Waals surface area contributed by atoms with E-state index in [4.69, 9.17) is 0 Å². The van der Waals surface area contributed by atoms with E-state index < -0.39 is 0 Å². The van der Waals surface area contributed by atoms with E-state index in [-0.39, 0.29) is 17.6 Å². The minimum Gasteiger partial charge on any atom is -0.344 e. The summed E-state index contributed by atoms with van der Waals surface area (Å²) in [6, 6.07) is 7.70. The van der Waals surface area contributed by atoms with Gasteiger partial charge >= 0.3 is 0 Å². The molecule has 0 bridgehead atoms. The smallest absolute Gasteiger partial charge is 0.265 e. The van der Waals surface area contributed by atoms with Gasteiger partial charge in [-0.1, -0.05) is 35.2 Å². The first-order valence-corrected chi connectivity index (χ1v) is 9.30. The molecule has 130 valence electrons. The molecule has 0 radical (unpaired) electrons. The van der Waals surface area contributed by atoms with E-state index in [1.54, 1.807) is 21.0 Å². The van der Waals surface area contributed by atoms with Crippen LogP contribution in [0.25, 0.3) is 11.0 Å². The summed E-state index contributed by atoms with van der Waals surface area (Å²) in [5.41, 5.74) is 2.42. The predicted molar refractivity (Wildman–Crippen MR) is 100 cm³/mol. The van der Waals surface area contributed by atoms with Crippen molar-refractivity contribution in [3.05, 3.63) is 34.8 Å². The van der Waals surface area contributed by atoms with Gasteiger partial charge in [-0.25, -0.2) is 9.97 Å². The maximum Gasteiger partial charge on any atom is 0.265 e. The number of nitrogens with zero attached hydrogens (tertiary/aromatic N) is 3. The van der Waals surface area contributed by atoms with Gasteiger partial charge in [-0.05, 0) is 19.1 Å². The number of carbonyl (C=O) groups is 2. The molecule has 2 N–H and O–H groups in total. The molecule has 3 rings (SSSR count). The number of benzene rings is 1. The van der Waals surface area contributed by atoms with Crippen LogP contribution in [0.5, 0.6) is 0 Å². The Morgan fingerprint density at radius 2 is 2.04 bits per heavy atom. The SMILES string of the molecule is Cc1nc(NC(=O)CSc2nc3ccccc3[nH]2)sc1C(=O)N(C)C. The van der Waals surface area contributed by atoms with E-state index in [0.29, 0.717) is 20.9 Å². The second kappa shape index (κ2) is 7.24. The van der Waals surface area contributed by atoms with Crippen LogP contribution in [0.15, 0.2) is 29.4 Å². The van der Waals surface area contributed by atoms with Crippen LogP contribution >= 0.6 is 23.1 Å². The lowest BCUT2D eigenvalue weighted by Crippen LogP contribution is -2.21. The maximum absolute atomic E-state index is 12.1. The molecule has 0 spiro atoms. The number of carbonyl (C=O) groups excluding carboxylic acids is 2. The summed E-state index contributed by atoms with van der Waals surface area (Å²) < 4.78 is 0. The zero-order valence-corrected chi connectivity index (χ0v) is 15.6. The molecular weight excluding hydrogens is 358 g/mol. The number of rotatable bonds is 5. The summed E-state index contributed by atoms with van der Waals surface area (Å²) in [4.78, 5) is 38.0. The molecule has 25 heavy (non-hydrogen) atoms. The number of aromatic nitrogens is 3. The van der Waals surface area contributed by atoms with Crippen LogP contribution in [-0.4, -0.2) is 51.5 Å². The van der Waals surface area contributed by atoms with E-state index in [2.05, 4.69) is 20.3 Å². The molecule has 0 aliphatic rings. The summed E-state index contributed by atoms with van der Waals surface area (Å²) in [5.74, 6) is -0.106. The van der Waals surface area contributed by atoms with Gasteiger partial charge in [-0.15, -0.1) is 0 Å². The summed E-state index contributed by atoms with van der Waals surface area (Å²) >= 11 is 2.50. The van der Waals surface area contributed by atoms with Crippen molar-refractivity contribution in [2.45, 2.75) is 12.1 Å². The van der Waals surface area contributed by atoms with Crippen LogP contribution in [0.4, 0.5) is 5.13 Å². The molecule has 3 aromatic rings. The molecular formula is C16H17N5O2S2. The average Bonchev–Trinajstić information content (AvgIpc) is 3.15. The van der Waals surface area contributed by atoms with Gasteiger partial charge in [0.1, 0.15) is 4.88 Å². The third-order valence-corrected chi connectivity index (χ3v) is 5.29. The topological polar surface area (TPSA) is 91.0 Å². The Labute approximate surface area is 152 Å². The highest BCUT2D eigenvalue weighted by molar-refractivity contribution is 7.99. The number of fused-ring (bicyclic) bond motifs is 1. The quantitative estimate of drug-likeness (QED) is 0.669. The number of hydrogen-bond acceptors (Lipinski definition) is 6. The molecule has 7 nitrogen and oxygen atoms in total. The highest BCUT2D eigenvalue weighted by atomic mass is 32.2. The number of imidazole rings is 1. The predicted octanol–water partition coefficient (Wildman–Crippen LogP) is 2.76. The number of para-hydroxylation sites is 2. The Kier molecular flexibility index (Phi) is 5.05. The number of anilines is 1. The summed E-state index contributed by atoms with van der Waals surface area (Å²) in [7, 11) is 3.37. The Bertz CT molecular complexity index is 899. The van der Waals surface area contributed by atoms with Gasteiger partial charge in [0, 0.05) is 14.1 Å². The van der Waals surface area contributed by atoms with Crippen molar-refractivity contribution in [3.8, 4) is 0 Å². The van der Waals surface area contributed by atoms with Gasteiger partial charge in [-0.3, -0.25) is 9.59 Å². The monoisotopic (exact) mass is 375 g/mol. The van der Waals surface area contributed by atoms with Gasteiger partial charge in [0.2, 0.25) is 5.91 Å². The van der Waals surface area contributed by atoms with Crippen LogP contribution in [-0.2, 0) is 4.79 Å². The van der Waals surface area contributed by atoms with Gasteiger partial charge in [0.25, 0.3) is 5.91 Å². The van der Waals surface area contributed by atoms with Crippen LogP contribution < -0.4 is 5.32 Å². The van der Waals surface area contributed by atoms with Crippen molar-refractivity contribution < 1.29 is 9.59 Å². The molecule has 2 aromatic heterocycles. The van der Waals surface area contributed by atoms with Crippen LogP contribution in [0.1, 0.15) is 15.4 Å². The molecule has 0 saturated heterocycles. The highest BCUT2D eigenvalue weighted by Crippen LogP contribution is 2.24. The molecule has 0 atom stereocenters. The Morgan fingerprint density at radius 3 is 2.76 bits per heavy atom. The van der Waals surface area contributed by atoms with E-state index in [0.717, 1.165) is 11.0 Å². The first-order chi connectivity index (χ1) is 11.9. The Morgan fingerprint density at radius 1 is 1.28 bits per heavy atom. The first-order valence-electron chi connectivity index (χ1n) is 7.50. The second-order valence-electron chi connectivity index (χ2n) is 5.53. The fourth-order valence-electron chi connectivity index (χ4n) is 2.14. The maximum atomic E-state index is 12.1. The zero-order valence-electron chi connectivity index (χ0n) is 14.0. The molecule has 0 aliphatic carbocycles. The number of hydrogen-bond donors (Lipinski definition) is 2. The number of nitrogens with one attached hydrogen (secondary N) is 2. The number of aryl methyl sites for hydroxylation is 1. The average molecular weight is 375 g/mol. The minimum absolute atomic E-state index is 0.118. The van der Waals surface area contributed by atoms with E-state index >= 15 is 0 Å². The third-order valence-electron chi connectivity index (χ3n) is 3.35. The van der Waals surface area contributed by atoms with Gasteiger partial charge in [-0.2, -0.15) is 0 Å². The minimum atomic E-state index is -0.192. The van der Waals surface area contributed by atoms with E-state index in [9.17, 15) is 9.59 Å². The van der Waals surface area contributed by atoms with Crippen molar-refractivity contribution in [1.29, 1.82) is 0 Å². The number of H-pyrrole nitrogens is 1. The van der Waals surface area contributed by atoms with E-state index in [1.807, 2.05) is 24.3 Å². The standard InChI is InChI=1S/C16H17N5O2S2/c1-9-13(14(23)21(2)3)25-16(17-9)20-12(22)8-24-15-18-10-6-4-5-7-11(10)19-15/h4-7H,8H2,1-3H3,(H,18,19)(H,17,20,22). The molecule has 0 fully saturated rings. The second-order valence-corrected chi connectivity index (χ2v) is 7.49. The fraction of sp³-hybridized carbons (Fsp3) is 0.250. The first kappa shape index (κ1) is 17.4. The highest BCUT2D eigenvalue weighted by Gasteiger charge is 2.18. The molecule has 1 aromatic carbocycles. The number of thioether (sulfide) groups is 1. The number of amides is 2. The Hall–Kier alpha value is -2.39. The summed E-state index contributed by atoms with van der Waals surface area (Å²) in [6.07, 6.45) is 0. The molecule has 9 heteroatoms. The Balaban J connectivity index is 1.61. The number of thiazole rings is 1. The van der Waals surface area contributed by atoms with Crippen molar-refractivity contribution in [1.82, 2.24) is 19.9 Å². The molecule has 2 amide bonds. The zero-order chi connectivity index (χ0) is 18.0. The van der Waals surface area contributed by atoms with E-state index in [1.165, 1.54) is 28.0 Å². The largest absolute Gasteiger partial charge is 0.344 e. The lowest BCUT2D eigenvalue weighted by molar-refractivity contribution is -0.113. The lowest BCUT2D eigenvalue weighted by Gasteiger charge is -2.07.